The molecule has 2 aliphatic heterocycles. The van der Waals surface area contributed by atoms with E-state index in [9.17, 15) is 4.79 Å². The summed E-state index contributed by atoms with van der Waals surface area (Å²) >= 11 is 1.84. The van der Waals surface area contributed by atoms with Crippen molar-refractivity contribution in [3.8, 4) is 0 Å². The van der Waals surface area contributed by atoms with Gasteiger partial charge in [-0.05, 0) is 26.0 Å². The molecule has 0 unspecified atom stereocenters. The van der Waals surface area contributed by atoms with Gasteiger partial charge in [0.2, 0.25) is 5.91 Å². The van der Waals surface area contributed by atoms with Crippen LogP contribution in [0.1, 0.15) is 13.8 Å². The van der Waals surface area contributed by atoms with Gasteiger partial charge in [0.15, 0.2) is 0 Å². The van der Waals surface area contributed by atoms with E-state index < -0.39 is 0 Å². The summed E-state index contributed by atoms with van der Waals surface area (Å²) in [6.45, 7) is 8.55. The van der Waals surface area contributed by atoms with Crippen LogP contribution in [0.5, 0.6) is 0 Å². The topological polar surface area (TPSA) is 35.6 Å². The summed E-state index contributed by atoms with van der Waals surface area (Å²) < 4.78 is 0. The van der Waals surface area contributed by atoms with Crippen LogP contribution in [-0.2, 0) is 4.79 Å². The Bertz CT molecular complexity index is 532. The molecule has 0 atom stereocenters. The number of anilines is 1. The lowest BCUT2D eigenvalue weighted by molar-refractivity contribution is -0.121. The van der Waals surface area contributed by atoms with Gasteiger partial charge < -0.3 is 10.2 Å². The van der Waals surface area contributed by atoms with Crippen LogP contribution in [0.4, 0.5) is 5.69 Å². The van der Waals surface area contributed by atoms with Crippen LogP contribution < -0.4 is 10.2 Å². The third-order valence-corrected chi connectivity index (χ3v) is 5.37. The quantitative estimate of drug-likeness (QED) is 0.904. The van der Waals surface area contributed by atoms with E-state index in [1.807, 2.05) is 28.8 Å². The molecule has 0 aliphatic carbocycles. The van der Waals surface area contributed by atoms with E-state index in [2.05, 4.69) is 36.2 Å². The summed E-state index contributed by atoms with van der Waals surface area (Å²) in [5.41, 5.74) is 1.12. The first-order valence-corrected chi connectivity index (χ1v) is 8.54. The predicted octanol–water partition coefficient (Wildman–Crippen LogP) is 1.81. The van der Waals surface area contributed by atoms with Gasteiger partial charge in [-0.1, -0.05) is 12.1 Å². The highest BCUT2D eigenvalue weighted by molar-refractivity contribution is 7.99. The van der Waals surface area contributed by atoms with Crippen LogP contribution in [0.2, 0.25) is 0 Å². The summed E-state index contributed by atoms with van der Waals surface area (Å²) in [5.74, 6) is 1.20. The number of amides is 1. The lowest BCUT2D eigenvalue weighted by Gasteiger charge is -2.43. The molecule has 4 nitrogen and oxygen atoms in total. The summed E-state index contributed by atoms with van der Waals surface area (Å²) in [6.07, 6.45) is 0. The van der Waals surface area contributed by atoms with Crippen molar-refractivity contribution in [3.63, 3.8) is 0 Å². The van der Waals surface area contributed by atoms with Gasteiger partial charge in [-0.25, -0.2) is 0 Å². The molecule has 1 N–H and O–H groups in total. The van der Waals surface area contributed by atoms with Crippen molar-refractivity contribution < 1.29 is 4.79 Å². The molecule has 1 aromatic carbocycles. The molecule has 1 fully saturated rings. The van der Waals surface area contributed by atoms with Crippen molar-refractivity contribution in [2.45, 2.75) is 24.3 Å². The maximum absolute atomic E-state index is 12.8. The van der Waals surface area contributed by atoms with E-state index in [4.69, 9.17) is 0 Å². The number of thioether (sulfide) groups is 1. The Labute approximate surface area is 130 Å². The fourth-order valence-corrected chi connectivity index (χ4v) is 3.99. The number of hydrogen-bond acceptors (Lipinski definition) is 4. The van der Waals surface area contributed by atoms with E-state index in [-0.39, 0.29) is 11.4 Å². The molecule has 3 rings (SSSR count). The smallest absolute Gasteiger partial charge is 0.241 e. The van der Waals surface area contributed by atoms with Crippen LogP contribution in [0.15, 0.2) is 29.2 Å². The van der Waals surface area contributed by atoms with Crippen molar-refractivity contribution >= 4 is 23.4 Å². The van der Waals surface area contributed by atoms with Crippen molar-refractivity contribution in [1.29, 1.82) is 0 Å². The Balaban J connectivity index is 1.74. The number of fused-ring (bicyclic) bond motifs is 1. The summed E-state index contributed by atoms with van der Waals surface area (Å²) in [7, 11) is 0. The van der Waals surface area contributed by atoms with E-state index in [1.54, 1.807) is 0 Å². The van der Waals surface area contributed by atoms with Crippen molar-refractivity contribution in [3.05, 3.63) is 24.3 Å². The minimum Gasteiger partial charge on any atom is -0.314 e. The molecule has 0 aromatic heterocycles. The largest absolute Gasteiger partial charge is 0.314 e. The second-order valence-corrected chi connectivity index (χ2v) is 7.41. The van der Waals surface area contributed by atoms with E-state index in [0.717, 1.165) is 37.6 Å². The zero-order chi connectivity index (χ0) is 14.9. The van der Waals surface area contributed by atoms with E-state index >= 15 is 0 Å². The molecule has 1 saturated heterocycles. The number of benzene rings is 1. The van der Waals surface area contributed by atoms with Gasteiger partial charge in [-0.2, -0.15) is 0 Å². The van der Waals surface area contributed by atoms with Crippen LogP contribution in [0.3, 0.4) is 0 Å². The number of piperazine rings is 1. The highest BCUT2D eigenvalue weighted by Gasteiger charge is 2.33. The molecular formula is C16H23N3OS. The zero-order valence-corrected chi connectivity index (χ0v) is 13.6. The number of nitrogens with zero attached hydrogens (tertiary/aromatic N) is 2. The maximum Gasteiger partial charge on any atom is 0.241 e. The monoisotopic (exact) mass is 305 g/mol. The molecule has 21 heavy (non-hydrogen) atoms. The van der Waals surface area contributed by atoms with Gasteiger partial charge in [0.1, 0.15) is 0 Å². The Hall–Kier alpha value is -1.04. The van der Waals surface area contributed by atoms with Gasteiger partial charge in [-0.15, -0.1) is 11.8 Å². The first-order valence-electron chi connectivity index (χ1n) is 7.56. The predicted molar refractivity (Wildman–Crippen MR) is 88.0 cm³/mol. The molecule has 1 aromatic rings. The molecule has 114 valence electrons. The Morgan fingerprint density at radius 1 is 1.33 bits per heavy atom. The highest BCUT2D eigenvalue weighted by atomic mass is 32.2. The third kappa shape index (κ3) is 3.10. The van der Waals surface area contributed by atoms with E-state index in [1.165, 1.54) is 4.90 Å². The number of para-hydroxylation sites is 1. The van der Waals surface area contributed by atoms with Crippen LogP contribution >= 0.6 is 11.8 Å². The van der Waals surface area contributed by atoms with Crippen LogP contribution in [0, 0.1) is 0 Å². The zero-order valence-electron chi connectivity index (χ0n) is 12.8. The third-order valence-electron chi connectivity index (χ3n) is 4.33. The molecule has 0 saturated carbocycles. The standard InChI is InChI=1S/C16H23N3OS/c1-16(2)12-17-7-8-18(16)11-15(20)19-9-10-21-14-6-4-3-5-13(14)19/h3-6,17H,7-12H2,1-2H3. The van der Waals surface area contributed by atoms with Crippen molar-refractivity contribution in [2.75, 3.05) is 43.4 Å². The SMILES string of the molecule is CC1(C)CNCCN1CC(=O)N1CCSc2ccccc21. The normalized spacial score (nSPS) is 21.9. The molecule has 5 heteroatoms. The van der Waals surface area contributed by atoms with Crippen LogP contribution in [0.25, 0.3) is 0 Å². The van der Waals surface area contributed by atoms with Gasteiger partial charge >= 0.3 is 0 Å². The lowest BCUT2D eigenvalue weighted by atomic mass is 10.0. The second kappa shape index (κ2) is 5.99. The summed E-state index contributed by atoms with van der Waals surface area (Å²) in [5, 5.41) is 3.40. The van der Waals surface area contributed by atoms with Gasteiger partial charge in [0.25, 0.3) is 0 Å². The summed E-state index contributed by atoms with van der Waals surface area (Å²) in [6, 6.07) is 8.22. The maximum atomic E-state index is 12.8. The average Bonchev–Trinajstić information content (AvgIpc) is 2.48. The molecule has 0 radical (unpaired) electrons. The van der Waals surface area contributed by atoms with Crippen LogP contribution in [-0.4, -0.2) is 54.8 Å². The molecule has 0 spiro atoms. The number of carbonyl (C=O) groups excluding carboxylic acids is 1. The number of carbonyl (C=O) groups is 1. The van der Waals surface area contributed by atoms with E-state index in [0.29, 0.717) is 6.54 Å². The first kappa shape index (κ1) is 14.9. The van der Waals surface area contributed by atoms with Gasteiger partial charge in [0, 0.05) is 42.4 Å². The van der Waals surface area contributed by atoms with Crippen molar-refractivity contribution in [1.82, 2.24) is 10.2 Å². The lowest BCUT2D eigenvalue weighted by Crippen LogP contribution is -2.60. The molecule has 0 bridgehead atoms. The molecule has 2 aliphatic rings. The Morgan fingerprint density at radius 2 is 2.14 bits per heavy atom. The number of nitrogens with one attached hydrogen (secondary N) is 1. The minimum atomic E-state index is 0.0396. The molecule has 2 heterocycles. The molecular weight excluding hydrogens is 282 g/mol. The van der Waals surface area contributed by atoms with Crippen molar-refractivity contribution in [2.24, 2.45) is 0 Å². The summed E-state index contributed by atoms with van der Waals surface area (Å²) in [4.78, 5) is 18.3. The fraction of sp³-hybridized carbons (Fsp3) is 0.562. The highest BCUT2D eigenvalue weighted by Crippen LogP contribution is 2.34. The Kier molecular flexibility index (Phi) is 4.24. The minimum absolute atomic E-state index is 0.0396. The van der Waals surface area contributed by atoms with Gasteiger partial charge in [0.05, 0.1) is 12.2 Å². The van der Waals surface area contributed by atoms with Gasteiger partial charge in [-0.3, -0.25) is 9.69 Å². The molecule has 1 amide bonds. The first-order chi connectivity index (χ1) is 10.1. The Morgan fingerprint density at radius 3 is 2.95 bits per heavy atom. The second-order valence-electron chi connectivity index (χ2n) is 6.27. The number of rotatable bonds is 2. The average molecular weight is 305 g/mol. The number of hydrogen-bond donors (Lipinski definition) is 1. The fourth-order valence-electron chi connectivity index (χ4n) is 2.99.